The van der Waals surface area contributed by atoms with Crippen LogP contribution in [0.3, 0.4) is 0 Å². The van der Waals surface area contributed by atoms with E-state index in [-0.39, 0.29) is 5.91 Å². The van der Waals surface area contributed by atoms with Crippen LogP contribution < -0.4 is 5.32 Å². The average molecular weight is 288 g/mol. The summed E-state index contributed by atoms with van der Waals surface area (Å²) < 4.78 is 0. The maximum atomic E-state index is 12.6. The van der Waals surface area contributed by atoms with Crippen molar-refractivity contribution in [2.45, 2.75) is 31.7 Å². The molecule has 2 saturated heterocycles. The molecule has 0 aliphatic carbocycles. The highest BCUT2D eigenvalue weighted by molar-refractivity contribution is 5.93. The summed E-state index contributed by atoms with van der Waals surface area (Å²) in [6.45, 7) is 4.09. The molecular formula is C16H24N4O. The summed E-state index contributed by atoms with van der Waals surface area (Å²) in [4.78, 5) is 21.3. The molecule has 2 aliphatic rings. The fourth-order valence-corrected chi connectivity index (χ4v) is 3.37. The molecule has 5 nitrogen and oxygen atoms in total. The largest absolute Gasteiger partial charge is 0.388 e. The maximum absolute atomic E-state index is 12.6. The number of nitrogens with one attached hydrogen (secondary N) is 1. The zero-order valence-corrected chi connectivity index (χ0v) is 12.7. The van der Waals surface area contributed by atoms with E-state index in [0.717, 1.165) is 25.2 Å². The first-order valence-electron chi connectivity index (χ1n) is 7.95. The molecule has 3 rings (SSSR count). The van der Waals surface area contributed by atoms with Crippen molar-refractivity contribution in [1.29, 1.82) is 0 Å². The molecular weight excluding hydrogens is 264 g/mol. The summed E-state index contributed by atoms with van der Waals surface area (Å²) in [6, 6.07) is 4.25. The molecule has 1 aromatic rings. The third-order valence-corrected chi connectivity index (χ3v) is 4.63. The van der Waals surface area contributed by atoms with E-state index in [1.807, 2.05) is 24.1 Å². The zero-order chi connectivity index (χ0) is 14.7. The van der Waals surface area contributed by atoms with Crippen LogP contribution in [-0.4, -0.2) is 60.0 Å². The summed E-state index contributed by atoms with van der Waals surface area (Å²) in [5, 5.41) is 3.05. The number of carbonyl (C=O) groups excluding carboxylic acids is 1. The molecule has 5 heteroatoms. The highest BCUT2D eigenvalue weighted by atomic mass is 16.2. The number of amides is 1. The highest BCUT2D eigenvalue weighted by Crippen LogP contribution is 2.21. The second-order valence-electron chi connectivity index (χ2n) is 5.97. The fourth-order valence-electron chi connectivity index (χ4n) is 3.37. The van der Waals surface area contributed by atoms with E-state index in [4.69, 9.17) is 0 Å². The Balaban J connectivity index is 1.63. The highest BCUT2D eigenvalue weighted by Gasteiger charge is 2.31. The molecule has 3 heterocycles. The lowest BCUT2D eigenvalue weighted by atomic mass is 10.1. The van der Waals surface area contributed by atoms with Gasteiger partial charge in [0.15, 0.2) is 0 Å². The van der Waals surface area contributed by atoms with E-state index in [2.05, 4.69) is 15.2 Å². The predicted molar refractivity (Wildman–Crippen MR) is 83.5 cm³/mol. The second kappa shape index (κ2) is 6.43. The minimum Gasteiger partial charge on any atom is -0.388 e. The Morgan fingerprint density at radius 1 is 1.29 bits per heavy atom. The van der Waals surface area contributed by atoms with E-state index >= 15 is 0 Å². The van der Waals surface area contributed by atoms with Gasteiger partial charge in [-0.2, -0.15) is 0 Å². The number of carbonyl (C=O) groups is 1. The van der Waals surface area contributed by atoms with Crippen LogP contribution >= 0.6 is 0 Å². The lowest BCUT2D eigenvalue weighted by molar-refractivity contribution is 0.0766. The Hall–Kier alpha value is -1.62. The van der Waals surface area contributed by atoms with Crippen molar-refractivity contribution >= 4 is 11.6 Å². The van der Waals surface area contributed by atoms with Crippen molar-refractivity contribution in [3.63, 3.8) is 0 Å². The first-order valence-corrected chi connectivity index (χ1v) is 7.95. The van der Waals surface area contributed by atoms with Crippen LogP contribution in [0.25, 0.3) is 0 Å². The molecule has 2 fully saturated rings. The number of rotatable bonds is 3. The summed E-state index contributed by atoms with van der Waals surface area (Å²) >= 11 is 0. The topological polar surface area (TPSA) is 48.5 Å². The smallest absolute Gasteiger partial charge is 0.272 e. The molecule has 0 radical (unpaired) electrons. The van der Waals surface area contributed by atoms with Crippen molar-refractivity contribution in [3.05, 3.63) is 24.0 Å². The van der Waals surface area contributed by atoms with Gasteiger partial charge < -0.3 is 10.2 Å². The van der Waals surface area contributed by atoms with Gasteiger partial charge in [0.25, 0.3) is 5.91 Å². The van der Waals surface area contributed by atoms with Crippen LogP contribution in [0, 0.1) is 0 Å². The number of piperidine rings is 1. The normalized spacial score (nSPS) is 23.3. The van der Waals surface area contributed by atoms with Crippen molar-refractivity contribution in [2.75, 3.05) is 38.5 Å². The molecule has 21 heavy (non-hydrogen) atoms. The molecule has 0 bridgehead atoms. The van der Waals surface area contributed by atoms with Crippen molar-refractivity contribution in [1.82, 2.24) is 14.8 Å². The van der Waals surface area contributed by atoms with Gasteiger partial charge in [-0.05, 0) is 44.5 Å². The molecule has 1 amide bonds. The Morgan fingerprint density at radius 3 is 2.86 bits per heavy atom. The minimum absolute atomic E-state index is 0.0617. The molecule has 1 aromatic heterocycles. The van der Waals surface area contributed by atoms with E-state index in [1.54, 1.807) is 6.20 Å². The fraction of sp³-hybridized carbons (Fsp3) is 0.625. The van der Waals surface area contributed by atoms with Gasteiger partial charge in [0.2, 0.25) is 0 Å². The molecule has 1 unspecified atom stereocenters. The van der Waals surface area contributed by atoms with E-state index in [9.17, 15) is 4.79 Å². The number of anilines is 1. The number of likely N-dealkylation sites (tertiary alicyclic amines) is 2. The third kappa shape index (κ3) is 3.18. The van der Waals surface area contributed by atoms with E-state index < -0.39 is 0 Å². The van der Waals surface area contributed by atoms with Gasteiger partial charge in [-0.1, -0.05) is 6.42 Å². The summed E-state index contributed by atoms with van der Waals surface area (Å²) in [6.07, 6.45) is 6.74. The van der Waals surface area contributed by atoms with Crippen molar-refractivity contribution in [2.24, 2.45) is 0 Å². The lowest BCUT2D eigenvalue weighted by Gasteiger charge is -2.32. The molecule has 0 saturated carbocycles. The van der Waals surface area contributed by atoms with Crippen molar-refractivity contribution < 1.29 is 4.79 Å². The molecule has 114 valence electrons. The molecule has 1 N–H and O–H groups in total. The summed E-state index contributed by atoms with van der Waals surface area (Å²) in [5.41, 5.74) is 1.47. The van der Waals surface area contributed by atoms with Gasteiger partial charge in [0, 0.05) is 38.1 Å². The predicted octanol–water partition coefficient (Wildman–Crippen LogP) is 1.82. The summed E-state index contributed by atoms with van der Waals surface area (Å²) in [7, 11) is 1.85. The standard InChI is InChI=1S/C16H24N4O/c1-17-13-5-7-18-15(11-13)16(21)20-10-6-14(12-20)19-8-3-2-4-9-19/h5,7,11,14H,2-4,6,8-10,12H2,1H3,(H,17,18). The summed E-state index contributed by atoms with van der Waals surface area (Å²) in [5.74, 6) is 0.0617. The van der Waals surface area contributed by atoms with Crippen LogP contribution in [0.5, 0.6) is 0 Å². The first kappa shape index (κ1) is 14.3. The number of hydrogen-bond donors (Lipinski definition) is 1. The van der Waals surface area contributed by atoms with E-state index in [0.29, 0.717) is 11.7 Å². The van der Waals surface area contributed by atoms with Gasteiger partial charge in [-0.25, -0.2) is 0 Å². The molecule has 0 spiro atoms. The van der Waals surface area contributed by atoms with Crippen LogP contribution in [0.4, 0.5) is 5.69 Å². The number of aromatic nitrogens is 1. The van der Waals surface area contributed by atoms with Crippen LogP contribution in [0.2, 0.25) is 0 Å². The second-order valence-corrected chi connectivity index (χ2v) is 5.97. The van der Waals surface area contributed by atoms with Gasteiger partial charge in [0.1, 0.15) is 5.69 Å². The van der Waals surface area contributed by atoms with Gasteiger partial charge in [0.05, 0.1) is 0 Å². The maximum Gasteiger partial charge on any atom is 0.272 e. The lowest BCUT2D eigenvalue weighted by Crippen LogP contribution is -2.41. The zero-order valence-electron chi connectivity index (χ0n) is 12.7. The first-order chi connectivity index (χ1) is 10.3. The third-order valence-electron chi connectivity index (χ3n) is 4.63. The monoisotopic (exact) mass is 288 g/mol. The Labute approximate surface area is 126 Å². The Bertz CT molecular complexity index is 499. The quantitative estimate of drug-likeness (QED) is 0.922. The SMILES string of the molecule is CNc1ccnc(C(=O)N2CCC(N3CCCCC3)C2)c1. The van der Waals surface area contributed by atoms with E-state index in [1.165, 1.54) is 32.4 Å². The van der Waals surface area contributed by atoms with Crippen LogP contribution in [0.1, 0.15) is 36.2 Å². The van der Waals surface area contributed by atoms with Crippen LogP contribution in [-0.2, 0) is 0 Å². The Morgan fingerprint density at radius 2 is 2.10 bits per heavy atom. The van der Waals surface area contributed by atoms with Crippen LogP contribution in [0.15, 0.2) is 18.3 Å². The van der Waals surface area contributed by atoms with Crippen molar-refractivity contribution in [3.8, 4) is 0 Å². The Kier molecular flexibility index (Phi) is 4.39. The number of hydrogen-bond acceptors (Lipinski definition) is 4. The number of nitrogens with zero attached hydrogens (tertiary/aromatic N) is 3. The van der Waals surface area contributed by atoms with Gasteiger partial charge >= 0.3 is 0 Å². The molecule has 0 aromatic carbocycles. The average Bonchev–Trinajstić information content (AvgIpc) is 3.05. The molecule has 2 aliphatic heterocycles. The number of pyridine rings is 1. The van der Waals surface area contributed by atoms with Gasteiger partial charge in [-0.15, -0.1) is 0 Å². The molecule has 1 atom stereocenters. The van der Waals surface area contributed by atoms with Gasteiger partial charge in [-0.3, -0.25) is 14.7 Å². The minimum atomic E-state index is 0.0617.